The van der Waals surface area contributed by atoms with E-state index in [1.165, 1.54) is 18.3 Å². The second kappa shape index (κ2) is 10.3. The van der Waals surface area contributed by atoms with Crippen LogP contribution in [-0.4, -0.2) is 27.1 Å². The van der Waals surface area contributed by atoms with Gasteiger partial charge < -0.3 is 0 Å². The Labute approximate surface area is 198 Å². The summed E-state index contributed by atoms with van der Waals surface area (Å²) in [5.41, 5.74) is 3.08. The largest absolute Gasteiger partial charge is 0.271 e. The molecule has 0 spiro atoms. The van der Waals surface area contributed by atoms with Gasteiger partial charge in [0.2, 0.25) is 0 Å². The van der Waals surface area contributed by atoms with Crippen molar-refractivity contribution in [2.24, 2.45) is 5.10 Å². The summed E-state index contributed by atoms with van der Waals surface area (Å²) in [6, 6.07) is 19.5. The van der Waals surface area contributed by atoms with Crippen molar-refractivity contribution >= 4 is 67.0 Å². The van der Waals surface area contributed by atoms with E-state index in [4.69, 9.17) is 23.2 Å². The molecule has 0 aliphatic heterocycles. The second-order valence-electron chi connectivity index (χ2n) is 6.23. The Kier molecular flexibility index (Phi) is 7.72. The molecule has 0 aliphatic rings. The highest BCUT2D eigenvalue weighted by Crippen LogP contribution is 2.26. The quantitative estimate of drug-likeness (QED) is 0.334. The normalized spacial score (nSPS) is 11.5. The SMILES string of the molecule is O=C(CN(c1cccc(Br)c1)S(=O)(=O)c1ccccc1)N/N=C\c1c(Cl)cccc1Cl. The van der Waals surface area contributed by atoms with Gasteiger partial charge in [-0.15, -0.1) is 0 Å². The van der Waals surface area contributed by atoms with Crippen molar-refractivity contribution in [2.75, 3.05) is 10.8 Å². The Morgan fingerprint density at radius 2 is 1.65 bits per heavy atom. The standard InChI is InChI=1S/C21H16BrCl2N3O3S/c22-15-6-4-7-16(12-15)27(31(29,30)17-8-2-1-3-9-17)14-21(28)26-25-13-18-19(23)10-5-11-20(18)24/h1-13H,14H2,(H,26,28)/b25-13-. The van der Waals surface area contributed by atoms with E-state index in [2.05, 4.69) is 26.5 Å². The number of nitrogens with one attached hydrogen (secondary N) is 1. The van der Waals surface area contributed by atoms with Crippen molar-refractivity contribution in [2.45, 2.75) is 4.90 Å². The summed E-state index contributed by atoms with van der Waals surface area (Å²) in [5.74, 6) is -0.640. The second-order valence-corrected chi connectivity index (χ2v) is 9.83. The molecule has 0 radical (unpaired) electrons. The predicted molar refractivity (Wildman–Crippen MR) is 127 cm³/mol. The molecule has 0 atom stereocenters. The third kappa shape index (κ3) is 5.86. The smallest absolute Gasteiger partial charge is 0.264 e. The van der Waals surface area contributed by atoms with E-state index in [0.717, 1.165) is 4.31 Å². The van der Waals surface area contributed by atoms with Crippen molar-refractivity contribution in [3.8, 4) is 0 Å². The first-order valence-corrected chi connectivity index (χ1v) is 11.9. The van der Waals surface area contributed by atoms with Gasteiger partial charge in [-0.2, -0.15) is 5.10 Å². The molecule has 0 bridgehead atoms. The Bertz CT molecular complexity index is 1200. The summed E-state index contributed by atoms with van der Waals surface area (Å²) in [5, 5.41) is 4.59. The van der Waals surface area contributed by atoms with Crippen LogP contribution in [0, 0.1) is 0 Å². The van der Waals surface area contributed by atoms with E-state index in [0.29, 0.717) is 25.8 Å². The summed E-state index contributed by atoms with van der Waals surface area (Å²) in [6.07, 6.45) is 1.30. The highest BCUT2D eigenvalue weighted by Gasteiger charge is 2.27. The molecule has 0 fully saturated rings. The van der Waals surface area contributed by atoms with Crippen molar-refractivity contribution in [1.82, 2.24) is 5.43 Å². The van der Waals surface area contributed by atoms with Gasteiger partial charge in [-0.25, -0.2) is 13.8 Å². The minimum absolute atomic E-state index is 0.0640. The Morgan fingerprint density at radius 1 is 1.00 bits per heavy atom. The fraction of sp³-hybridized carbons (Fsp3) is 0.0476. The number of benzene rings is 3. The molecule has 160 valence electrons. The molecule has 0 heterocycles. The van der Waals surface area contributed by atoms with Crippen LogP contribution < -0.4 is 9.73 Å². The average Bonchev–Trinajstić information content (AvgIpc) is 2.74. The van der Waals surface area contributed by atoms with Crippen LogP contribution in [-0.2, 0) is 14.8 Å². The Balaban J connectivity index is 1.85. The molecule has 1 N–H and O–H groups in total. The molecule has 6 nitrogen and oxygen atoms in total. The monoisotopic (exact) mass is 539 g/mol. The van der Waals surface area contributed by atoms with Crippen LogP contribution in [0.1, 0.15) is 5.56 Å². The maximum absolute atomic E-state index is 13.2. The van der Waals surface area contributed by atoms with Crippen LogP contribution >= 0.6 is 39.1 Å². The summed E-state index contributed by atoms with van der Waals surface area (Å²) in [4.78, 5) is 12.6. The third-order valence-corrected chi connectivity index (χ3v) is 7.04. The van der Waals surface area contributed by atoms with Gasteiger partial charge in [0, 0.05) is 10.0 Å². The van der Waals surface area contributed by atoms with Crippen molar-refractivity contribution < 1.29 is 13.2 Å². The zero-order valence-corrected chi connectivity index (χ0v) is 19.8. The maximum atomic E-state index is 13.2. The first-order chi connectivity index (χ1) is 14.8. The van der Waals surface area contributed by atoms with Crippen LogP contribution in [0.2, 0.25) is 10.0 Å². The van der Waals surface area contributed by atoms with E-state index in [9.17, 15) is 13.2 Å². The van der Waals surface area contributed by atoms with Gasteiger partial charge in [0.1, 0.15) is 6.54 Å². The number of hydrogen-bond donors (Lipinski definition) is 1. The maximum Gasteiger partial charge on any atom is 0.264 e. The van der Waals surface area contributed by atoms with Crippen molar-refractivity contribution in [3.63, 3.8) is 0 Å². The third-order valence-electron chi connectivity index (χ3n) is 4.10. The zero-order chi connectivity index (χ0) is 22.4. The summed E-state index contributed by atoms with van der Waals surface area (Å²) in [7, 11) is -4.00. The number of hydrazone groups is 1. The first kappa shape index (κ1) is 23.3. The van der Waals surface area contributed by atoms with Crippen molar-refractivity contribution in [3.05, 3.63) is 92.9 Å². The van der Waals surface area contributed by atoms with Crippen LogP contribution in [0.3, 0.4) is 0 Å². The van der Waals surface area contributed by atoms with Crippen LogP contribution in [0.5, 0.6) is 0 Å². The lowest BCUT2D eigenvalue weighted by Crippen LogP contribution is -2.39. The molecule has 3 aromatic rings. The van der Waals surface area contributed by atoms with E-state index in [1.54, 1.807) is 60.7 Å². The molecule has 3 aromatic carbocycles. The lowest BCUT2D eigenvalue weighted by Gasteiger charge is -2.23. The number of sulfonamides is 1. The lowest BCUT2D eigenvalue weighted by atomic mass is 10.2. The van der Waals surface area contributed by atoms with Crippen LogP contribution in [0.25, 0.3) is 0 Å². The number of amides is 1. The van der Waals surface area contributed by atoms with Gasteiger partial charge in [0.05, 0.1) is 26.8 Å². The van der Waals surface area contributed by atoms with Gasteiger partial charge in [0.15, 0.2) is 0 Å². The number of rotatable bonds is 7. The van der Waals surface area contributed by atoms with Gasteiger partial charge >= 0.3 is 0 Å². The molecule has 0 aromatic heterocycles. The van der Waals surface area contributed by atoms with E-state index in [-0.39, 0.29) is 4.90 Å². The highest BCUT2D eigenvalue weighted by molar-refractivity contribution is 9.10. The Hall–Kier alpha value is -2.39. The van der Waals surface area contributed by atoms with Crippen LogP contribution in [0.4, 0.5) is 5.69 Å². The summed E-state index contributed by atoms with van der Waals surface area (Å²) in [6.45, 7) is -0.485. The fourth-order valence-electron chi connectivity index (χ4n) is 2.63. The molecule has 1 amide bonds. The molecule has 0 unspecified atom stereocenters. The molecule has 31 heavy (non-hydrogen) atoms. The molecule has 0 saturated carbocycles. The zero-order valence-electron chi connectivity index (χ0n) is 15.9. The van der Waals surface area contributed by atoms with E-state index in [1.807, 2.05) is 0 Å². The van der Waals surface area contributed by atoms with Gasteiger partial charge in [-0.1, -0.05) is 69.5 Å². The first-order valence-electron chi connectivity index (χ1n) is 8.88. The Morgan fingerprint density at radius 3 is 2.29 bits per heavy atom. The molecular weight excluding hydrogens is 525 g/mol. The predicted octanol–water partition coefficient (Wildman–Crippen LogP) is 5.10. The van der Waals surface area contributed by atoms with Gasteiger partial charge in [-0.3, -0.25) is 9.10 Å². The lowest BCUT2D eigenvalue weighted by molar-refractivity contribution is -0.119. The van der Waals surface area contributed by atoms with Gasteiger partial charge in [-0.05, 0) is 42.5 Å². The van der Waals surface area contributed by atoms with Crippen molar-refractivity contribution in [1.29, 1.82) is 0 Å². The molecule has 0 saturated heterocycles. The molecule has 0 aliphatic carbocycles. The van der Waals surface area contributed by atoms with Gasteiger partial charge in [0.25, 0.3) is 15.9 Å². The molecule has 10 heteroatoms. The highest BCUT2D eigenvalue weighted by atomic mass is 79.9. The average molecular weight is 541 g/mol. The molecular formula is C21H16BrCl2N3O3S. The fourth-order valence-corrected chi connectivity index (χ4v) is 4.95. The minimum atomic E-state index is -4.00. The number of nitrogens with zero attached hydrogens (tertiary/aromatic N) is 2. The number of hydrogen-bond acceptors (Lipinski definition) is 4. The summed E-state index contributed by atoms with van der Waals surface area (Å²) >= 11 is 15.5. The number of anilines is 1. The number of halogens is 3. The minimum Gasteiger partial charge on any atom is -0.271 e. The number of carbonyl (C=O) groups excluding carboxylic acids is 1. The number of carbonyl (C=O) groups is 1. The van der Waals surface area contributed by atoms with Crippen LogP contribution in [0.15, 0.2) is 87.3 Å². The topological polar surface area (TPSA) is 78.8 Å². The van der Waals surface area contributed by atoms with E-state index >= 15 is 0 Å². The molecule has 3 rings (SSSR count). The van der Waals surface area contributed by atoms with E-state index < -0.39 is 22.5 Å². The summed E-state index contributed by atoms with van der Waals surface area (Å²) < 4.78 is 28.1.